The molecule has 0 spiro atoms. The number of benzene rings is 1. The van der Waals surface area contributed by atoms with Crippen molar-refractivity contribution in [3.8, 4) is 5.75 Å². The maximum absolute atomic E-state index is 12.2. The van der Waals surface area contributed by atoms with Crippen LogP contribution in [0, 0.1) is 5.92 Å². The zero-order valence-electron chi connectivity index (χ0n) is 16.9. The Morgan fingerprint density at radius 2 is 2.03 bits per heavy atom. The predicted octanol–water partition coefficient (Wildman–Crippen LogP) is 2.34. The number of aliphatic hydroxyl groups excluding tert-OH is 1. The molecule has 29 heavy (non-hydrogen) atoms. The van der Waals surface area contributed by atoms with E-state index in [1.807, 2.05) is 25.1 Å². The Hall–Kier alpha value is -2.12. The molecule has 1 aliphatic carbocycles. The maximum atomic E-state index is 12.2. The molecule has 7 nitrogen and oxygen atoms in total. The molecule has 0 aromatic heterocycles. The molecule has 4 atom stereocenters. The summed E-state index contributed by atoms with van der Waals surface area (Å²) in [5.74, 6) is 1.34. The highest BCUT2D eigenvalue weighted by Crippen LogP contribution is 2.47. The van der Waals surface area contributed by atoms with Gasteiger partial charge in [0.15, 0.2) is 0 Å². The molecule has 1 aromatic rings. The largest absolute Gasteiger partial charge is 0.487 e. The second kappa shape index (κ2) is 8.71. The van der Waals surface area contributed by atoms with Crippen LogP contribution in [-0.2, 0) is 14.3 Å². The molecule has 2 amide bonds. The van der Waals surface area contributed by atoms with Crippen LogP contribution in [0.4, 0.5) is 5.69 Å². The maximum Gasteiger partial charge on any atom is 0.224 e. The van der Waals surface area contributed by atoms with Crippen molar-refractivity contribution in [2.24, 2.45) is 5.92 Å². The van der Waals surface area contributed by atoms with E-state index in [2.05, 4.69) is 10.6 Å². The summed E-state index contributed by atoms with van der Waals surface area (Å²) in [6, 6.07) is 5.70. The van der Waals surface area contributed by atoms with Crippen molar-refractivity contribution in [3.63, 3.8) is 0 Å². The van der Waals surface area contributed by atoms with E-state index in [1.54, 1.807) is 0 Å². The highest BCUT2D eigenvalue weighted by molar-refractivity contribution is 5.91. The lowest BCUT2D eigenvalue weighted by atomic mass is 9.84. The van der Waals surface area contributed by atoms with Crippen LogP contribution >= 0.6 is 0 Å². The number of nitrogens with one attached hydrogen (secondary N) is 2. The molecule has 2 heterocycles. The van der Waals surface area contributed by atoms with Crippen LogP contribution in [0.1, 0.15) is 56.9 Å². The minimum atomic E-state index is -0.474. The number of hydrogen-bond donors (Lipinski definition) is 3. The van der Waals surface area contributed by atoms with Gasteiger partial charge in [0.2, 0.25) is 11.8 Å². The Labute approximate surface area is 171 Å². The van der Waals surface area contributed by atoms with E-state index < -0.39 is 6.10 Å². The number of ether oxygens (including phenoxy) is 2. The zero-order chi connectivity index (χ0) is 20.4. The van der Waals surface area contributed by atoms with Gasteiger partial charge in [-0.25, -0.2) is 0 Å². The number of amides is 2. The van der Waals surface area contributed by atoms with E-state index in [4.69, 9.17) is 9.47 Å². The van der Waals surface area contributed by atoms with Gasteiger partial charge < -0.3 is 25.2 Å². The summed E-state index contributed by atoms with van der Waals surface area (Å²) in [4.78, 5) is 24.3. The molecular weight excluding hydrogens is 372 g/mol. The first kappa shape index (κ1) is 20.2. The molecule has 4 rings (SSSR count). The second-order valence-electron chi connectivity index (χ2n) is 8.41. The van der Waals surface area contributed by atoms with Crippen molar-refractivity contribution in [1.82, 2.24) is 5.32 Å². The quantitative estimate of drug-likeness (QED) is 0.620. The SMILES string of the molecule is CCCNC(=O)C[C@H]1C[C@@H]2c3cc(NC(=O)CC4CC4)ccc3O[C@@H]2[C@@H](CO)O1. The first-order valence-electron chi connectivity index (χ1n) is 10.7. The summed E-state index contributed by atoms with van der Waals surface area (Å²) >= 11 is 0. The van der Waals surface area contributed by atoms with Crippen molar-refractivity contribution >= 4 is 17.5 Å². The number of aliphatic hydroxyl groups is 1. The minimum absolute atomic E-state index is 0.0279. The Morgan fingerprint density at radius 3 is 2.76 bits per heavy atom. The predicted molar refractivity (Wildman–Crippen MR) is 108 cm³/mol. The number of hydrogen-bond acceptors (Lipinski definition) is 5. The van der Waals surface area contributed by atoms with Gasteiger partial charge in [-0.3, -0.25) is 9.59 Å². The first-order chi connectivity index (χ1) is 14.1. The molecule has 158 valence electrons. The van der Waals surface area contributed by atoms with Crippen molar-refractivity contribution in [3.05, 3.63) is 23.8 Å². The van der Waals surface area contributed by atoms with Crippen LogP contribution in [0.3, 0.4) is 0 Å². The molecule has 0 bridgehead atoms. The number of fused-ring (bicyclic) bond motifs is 3. The molecule has 1 saturated carbocycles. The highest BCUT2D eigenvalue weighted by Gasteiger charge is 2.46. The third-order valence-electron chi connectivity index (χ3n) is 5.94. The normalized spacial score (nSPS) is 27.5. The van der Waals surface area contributed by atoms with Crippen molar-refractivity contribution in [1.29, 1.82) is 0 Å². The van der Waals surface area contributed by atoms with E-state index in [0.29, 0.717) is 25.3 Å². The van der Waals surface area contributed by atoms with Gasteiger partial charge in [-0.1, -0.05) is 6.92 Å². The Balaban J connectivity index is 1.46. The van der Waals surface area contributed by atoms with Gasteiger partial charge in [0.05, 0.1) is 19.1 Å². The lowest BCUT2D eigenvalue weighted by Crippen LogP contribution is -2.47. The third-order valence-corrected chi connectivity index (χ3v) is 5.94. The van der Waals surface area contributed by atoms with E-state index in [-0.39, 0.29) is 43.0 Å². The summed E-state index contributed by atoms with van der Waals surface area (Å²) in [6.07, 6.45) is 3.65. The van der Waals surface area contributed by atoms with Crippen molar-refractivity contribution < 1.29 is 24.2 Å². The molecule has 1 aromatic carbocycles. The van der Waals surface area contributed by atoms with Crippen LogP contribution in [0.2, 0.25) is 0 Å². The van der Waals surface area contributed by atoms with Crippen LogP contribution < -0.4 is 15.4 Å². The van der Waals surface area contributed by atoms with E-state index in [0.717, 1.165) is 36.3 Å². The second-order valence-corrected chi connectivity index (χ2v) is 8.41. The Bertz CT molecular complexity index is 764. The van der Waals surface area contributed by atoms with Gasteiger partial charge in [0, 0.05) is 30.1 Å². The topological polar surface area (TPSA) is 96.9 Å². The molecule has 0 unspecified atom stereocenters. The number of carbonyl (C=O) groups excluding carboxylic acids is 2. The molecule has 1 saturated heterocycles. The average Bonchev–Trinajstić information content (AvgIpc) is 3.44. The summed E-state index contributed by atoms with van der Waals surface area (Å²) in [7, 11) is 0. The number of carbonyl (C=O) groups is 2. The summed E-state index contributed by atoms with van der Waals surface area (Å²) < 4.78 is 12.0. The number of anilines is 1. The lowest BCUT2D eigenvalue weighted by Gasteiger charge is -2.37. The van der Waals surface area contributed by atoms with Crippen molar-refractivity contribution in [2.75, 3.05) is 18.5 Å². The molecule has 3 aliphatic rings. The van der Waals surface area contributed by atoms with Crippen molar-refractivity contribution in [2.45, 2.75) is 69.7 Å². The summed E-state index contributed by atoms with van der Waals surface area (Å²) in [6.45, 7) is 2.50. The van der Waals surface area contributed by atoms with Gasteiger partial charge in [-0.15, -0.1) is 0 Å². The number of rotatable bonds is 8. The van der Waals surface area contributed by atoms with Gasteiger partial charge in [0.1, 0.15) is 18.0 Å². The van der Waals surface area contributed by atoms with E-state index >= 15 is 0 Å². The highest BCUT2D eigenvalue weighted by atomic mass is 16.6. The van der Waals surface area contributed by atoms with E-state index in [1.165, 1.54) is 0 Å². The fourth-order valence-electron chi connectivity index (χ4n) is 4.31. The zero-order valence-corrected chi connectivity index (χ0v) is 16.9. The van der Waals surface area contributed by atoms with Crippen LogP contribution in [0.25, 0.3) is 0 Å². The molecular formula is C22H30N2O5. The monoisotopic (exact) mass is 402 g/mol. The fraction of sp³-hybridized carbons (Fsp3) is 0.636. The van der Waals surface area contributed by atoms with Gasteiger partial charge >= 0.3 is 0 Å². The van der Waals surface area contributed by atoms with Crippen LogP contribution in [0.15, 0.2) is 18.2 Å². The Morgan fingerprint density at radius 1 is 1.21 bits per heavy atom. The third kappa shape index (κ3) is 4.73. The fourth-order valence-corrected chi connectivity index (χ4v) is 4.31. The summed E-state index contributed by atoms with van der Waals surface area (Å²) in [5.41, 5.74) is 1.78. The molecule has 2 aliphatic heterocycles. The standard InChI is InChI=1S/C22H30N2O5/c1-2-7-23-20(26)11-15-10-17-16-9-14(24-21(27)8-13-3-4-13)5-6-18(16)29-22(17)19(12-25)28-15/h5-6,9,13,15,17,19,22,25H,2-4,7-8,10-12H2,1H3,(H,23,26)(H,24,27)/t15-,17-,19-,22+/m1/s1. The van der Waals surface area contributed by atoms with Crippen LogP contribution in [0.5, 0.6) is 5.75 Å². The average molecular weight is 402 g/mol. The Kier molecular flexibility index (Phi) is 6.06. The van der Waals surface area contributed by atoms with E-state index in [9.17, 15) is 14.7 Å². The minimum Gasteiger partial charge on any atom is -0.487 e. The lowest BCUT2D eigenvalue weighted by molar-refractivity contribution is -0.142. The van der Waals surface area contributed by atoms with Crippen LogP contribution in [-0.4, -0.2) is 48.4 Å². The molecule has 2 fully saturated rings. The first-order valence-corrected chi connectivity index (χ1v) is 10.7. The van der Waals surface area contributed by atoms with Gasteiger partial charge in [-0.2, -0.15) is 0 Å². The molecule has 7 heteroatoms. The smallest absolute Gasteiger partial charge is 0.224 e. The molecule has 0 radical (unpaired) electrons. The molecule has 3 N–H and O–H groups in total. The van der Waals surface area contributed by atoms with Gasteiger partial charge in [-0.05, 0) is 49.8 Å². The summed E-state index contributed by atoms with van der Waals surface area (Å²) in [5, 5.41) is 15.7. The van der Waals surface area contributed by atoms with Gasteiger partial charge in [0.25, 0.3) is 0 Å².